The number of pyridine rings is 2. The maximum absolute atomic E-state index is 14.9. The van der Waals surface area contributed by atoms with Crippen molar-refractivity contribution < 1.29 is 9.18 Å². The first-order valence-electron chi connectivity index (χ1n) is 8.40. The molecule has 0 aliphatic carbocycles. The average molecular weight is 349 g/mol. The number of amides is 1. The van der Waals surface area contributed by atoms with E-state index in [1.165, 1.54) is 6.07 Å². The zero-order chi connectivity index (χ0) is 18.7. The van der Waals surface area contributed by atoms with E-state index in [2.05, 4.69) is 15.3 Å². The fraction of sp³-hybridized carbons (Fsp3) is 0.190. The number of halogens is 1. The summed E-state index contributed by atoms with van der Waals surface area (Å²) in [7, 11) is 0. The van der Waals surface area contributed by atoms with Crippen molar-refractivity contribution in [3.63, 3.8) is 0 Å². The molecule has 0 radical (unpaired) electrons. The van der Waals surface area contributed by atoms with Crippen molar-refractivity contribution in [2.75, 3.05) is 0 Å². The summed E-state index contributed by atoms with van der Waals surface area (Å²) in [4.78, 5) is 21.0. The summed E-state index contributed by atoms with van der Waals surface area (Å²) in [5.74, 6) is -1.04. The fourth-order valence-corrected chi connectivity index (χ4v) is 2.63. The Morgan fingerprint density at radius 1 is 1.04 bits per heavy atom. The Hall–Kier alpha value is -3.08. The molecule has 5 heteroatoms. The SMILES string of the molecule is Cc1ccc(-c2cccc(C(=O)NC(C)c3ccc(C)nc3)c2F)nc1. The van der Waals surface area contributed by atoms with Gasteiger partial charge in [0, 0.05) is 23.7 Å². The molecule has 1 amide bonds. The summed E-state index contributed by atoms with van der Waals surface area (Å²) < 4.78 is 14.9. The lowest BCUT2D eigenvalue weighted by Gasteiger charge is -2.15. The van der Waals surface area contributed by atoms with Gasteiger partial charge in [0.05, 0.1) is 17.3 Å². The molecule has 1 N–H and O–H groups in total. The summed E-state index contributed by atoms with van der Waals surface area (Å²) in [5.41, 5.74) is 3.55. The molecule has 0 saturated carbocycles. The van der Waals surface area contributed by atoms with Gasteiger partial charge in [0.1, 0.15) is 5.82 Å². The number of nitrogens with zero attached hydrogens (tertiary/aromatic N) is 2. The van der Waals surface area contributed by atoms with Crippen molar-refractivity contribution in [3.8, 4) is 11.3 Å². The van der Waals surface area contributed by atoms with Gasteiger partial charge in [-0.3, -0.25) is 14.8 Å². The molecule has 1 unspecified atom stereocenters. The van der Waals surface area contributed by atoms with E-state index in [0.29, 0.717) is 11.3 Å². The van der Waals surface area contributed by atoms with Crippen molar-refractivity contribution in [1.29, 1.82) is 0 Å². The van der Waals surface area contributed by atoms with E-state index in [1.807, 2.05) is 39.0 Å². The molecular formula is C21H20FN3O. The van der Waals surface area contributed by atoms with Crippen LogP contribution in [0.25, 0.3) is 11.3 Å². The first-order chi connectivity index (χ1) is 12.5. The van der Waals surface area contributed by atoms with Crippen LogP contribution in [0.5, 0.6) is 0 Å². The standard InChI is InChI=1S/C21H20FN3O/c1-13-7-10-19(24-11-13)17-5-4-6-18(20(17)22)21(26)25-15(3)16-9-8-14(2)23-12-16/h4-12,15H,1-3H3,(H,25,26). The highest BCUT2D eigenvalue weighted by atomic mass is 19.1. The average Bonchev–Trinajstić information content (AvgIpc) is 2.63. The highest BCUT2D eigenvalue weighted by Crippen LogP contribution is 2.24. The highest BCUT2D eigenvalue weighted by molar-refractivity contribution is 5.96. The van der Waals surface area contributed by atoms with E-state index >= 15 is 0 Å². The quantitative estimate of drug-likeness (QED) is 0.760. The highest BCUT2D eigenvalue weighted by Gasteiger charge is 2.18. The zero-order valence-electron chi connectivity index (χ0n) is 15.0. The van der Waals surface area contributed by atoms with E-state index in [-0.39, 0.29) is 11.6 Å². The minimum atomic E-state index is -0.574. The Labute approximate surface area is 152 Å². The van der Waals surface area contributed by atoms with Gasteiger partial charge in [-0.1, -0.05) is 18.2 Å². The molecule has 0 fully saturated rings. The molecule has 3 rings (SSSR count). The largest absolute Gasteiger partial charge is 0.345 e. The number of hydrogen-bond acceptors (Lipinski definition) is 3. The third kappa shape index (κ3) is 3.77. The molecule has 2 heterocycles. The molecule has 4 nitrogen and oxygen atoms in total. The van der Waals surface area contributed by atoms with Gasteiger partial charge in [0.2, 0.25) is 0 Å². The number of nitrogens with one attached hydrogen (secondary N) is 1. The number of aromatic nitrogens is 2. The molecule has 2 aromatic heterocycles. The third-order valence-corrected chi connectivity index (χ3v) is 4.21. The first-order valence-corrected chi connectivity index (χ1v) is 8.40. The van der Waals surface area contributed by atoms with E-state index in [0.717, 1.165) is 16.8 Å². The van der Waals surface area contributed by atoms with Gasteiger partial charge in [-0.2, -0.15) is 0 Å². The minimum Gasteiger partial charge on any atom is -0.345 e. The number of benzene rings is 1. The van der Waals surface area contributed by atoms with Crippen molar-refractivity contribution in [1.82, 2.24) is 15.3 Å². The predicted molar refractivity (Wildman–Crippen MR) is 99.2 cm³/mol. The fourth-order valence-electron chi connectivity index (χ4n) is 2.63. The number of aryl methyl sites for hydroxylation is 2. The second-order valence-electron chi connectivity index (χ2n) is 6.32. The van der Waals surface area contributed by atoms with Crippen LogP contribution in [0.4, 0.5) is 4.39 Å². The smallest absolute Gasteiger partial charge is 0.254 e. The summed E-state index contributed by atoms with van der Waals surface area (Å²) in [5, 5.41) is 2.82. The lowest BCUT2D eigenvalue weighted by molar-refractivity contribution is 0.0936. The van der Waals surface area contributed by atoms with E-state index in [4.69, 9.17) is 0 Å². The van der Waals surface area contributed by atoms with Crippen molar-refractivity contribution in [2.45, 2.75) is 26.8 Å². The molecule has 132 valence electrons. The van der Waals surface area contributed by atoms with Gasteiger partial charge >= 0.3 is 0 Å². The maximum Gasteiger partial charge on any atom is 0.254 e. The summed E-state index contributed by atoms with van der Waals surface area (Å²) in [6, 6.07) is 11.9. The minimum absolute atomic E-state index is 0.00297. The third-order valence-electron chi connectivity index (χ3n) is 4.21. The first kappa shape index (κ1) is 17.7. The number of carbonyl (C=O) groups excluding carboxylic acids is 1. The molecule has 0 aliphatic heterocycles. The van der Waals surface area contributed by atoms with Crippen molar-refractivity contribution >= 4 is 5.91 Å². The van der Waals surface area contributed by atoms with Crippen LogP contribution in [0.3, 0.4) is 0 Å². The van der Waals surface area contributed by atoms with Gasteiger partial charge < -0.3 is 5.32 Å². The van der Waals surface area contributed by atoms with E-state index in [1.54, 1.807) is 30.6 Å². The Kier molecular flexibility index (Phi) is 5.07. The lowest BCUT2D eigenvalue weighted by Crippen LogP contribution is -2.27. The van der Waals surface area contributed by atoms with Crippen LogP contribution in [0.1, 0.15) is 40.1 Å². The second-order valence-corrected chi connectivity index (χ2v) is 6.32. The molecule has 0 spiro atoms. The van der Waals surface area contributed by atoms with Gasteiger partial charge in [-0.25, -0.2) is 4.39 Å². The Morgan fingerprint density at radius 3 is 2.50 bits per heavy atom. The molecule has 0 bridgehead atoms. The van der Waals surface area contributed by atoms with Crippen LogP contribution in [-0.2, 0) is 0 Å². The Morgan fingerprint density at radius 2 is 1.85 bits per heavy atom. The summed E-state index contributed by atoms with van der Waals surface area (Å²) >= 11 is 0. The molecule has 0 aliphatic rings. The van der Waals surface area contributed by atoms with Crippen LogP contribution < -0.4 is 5.32 Å². The van der Waals surface area contributed by atoms with Crippen molar-refractivity contribution in [2.24, 2.45) is 0 Å². The van der Waals surface area contributed by atoms with E-state index < -0.39 is 11.7 Å². The molecule has 0 saturated heterocycles. The molecule has 26 heavy (non-hydrogen) atoms. The van der Waals surface area contributed by atoms with Crippen LogP contribution >= 0.6 is 0 Å². The van der Waals surface area contributed by atoms with E-state index in [9.17, 15) is 9.18 Å². The summed E-state index contributed by atoms with van der Waals surface area (Å²) in [6.45, 7) is 5.65. The van der Waals surface area contributed by atoms with Gasteiger partial charge in [0.15, 0.2) is 0 Å². The molecule has 3 aromatic rings. The van der Waals surface area contributed by atoms with Crippen LogP contribution in [0, 0.1) is 19.7 Å². The normalized spacial score (nSPS) is 11.8. The Balaban J connectivity index is 1.84. The molecular weight excluding hydrogens is 329 g/mol. The topological polar surface area (TPSA) is 54.9 Å². The van der Waals surface area contributed by atoms with Gasteiger partial charge in [-0.15, -0.1) is 0 Å². The van der Waals surface area contributed by atoms with Crippen LogP contribution in [0.2, 0.25) is 0 Å². The Bertz CT molecular complexity index is 921. The van der Waals surface area contributed by atoms with Crippen molar-refractivity contribution in [3.05, 3.63) is 83.1 Å². The number of carbonyl (C=O) groups is 1. The maximum atomic E-state index is 14.9. The number of rotatable bonds is 4. The molecule has 1 aromatic carbocycles. The molecule has 1 atom stereocenters. The van der Waals surface area contributed by atoms with Crippen LogP contribution in [-0.4, -0.2) is 15.9 Å². The monoisotopic (exact) mass is 349 g/mol. The summed E-state index contributed by atoms with van der Waals surface area (Å²) in [6.07, 6.45) is 3.39. The van der Waals surface area contributed by atoms with Crippen LogP contribution in [0.15, 0.2) is 54.9 Å². The van der Waals surface area contributed by atoms with Gasteiger partial charge in [0.25, 0.3) is 5.91 Å². The second kappa shape index (κ2) is 7.44. The number of hydrogen-bond donors (Lipinski definition) is 1. The zero-order valence-corrected chi connectivity index (χ0v) is 15.0. The predicted octanol–water partition coefficient (Wildman–Crippen LogP) is 4.39. The van der Waals surface area contributed by atoms with Gasteiger partial charge in [-0.05, 0) is 56.2 Å². The lowest BCUT2D eigenvalue weighted by atomic mass is 10.0.